The molecule has 1 aliphatic carbocycles. The highest BCUT2D eigenvalue weighted by Crippen LogP contribution is 2.31. The van der Waals surface area contributed by atoms with E-state index in [2.05, 4.69) is 32.8 Å². The van der Waals surface area contributed by atoms with Gasteiger partial charge in [0, 0.05) is 43.3 Å². The second kappa shape index (κ2) is 12.7. The third-order valence-corrected chi connectivity index (χ3v) is 5.58. The van der Waals surface area contributed by atoms with E-state index in [4.69, 9.17) is 10.3 Å². The standard InChI is InChI=1S/C13H13N3O3.C11H20N.C2H6/c1-16(2)13(18)9-5-3-8(4-6-9)11-7-10(12(14)17)15-19-11;1-5-10-8-7-9-11(10)12(3,4)6-2;1-2/h3-7H,1-2H3,(H2,14,17);5H,1,6-9H2,2-4H3;1-2H3/q;+1;. The van der Waals surface area contributed by atoms with Gasteiger partial charge in [-0.2, -0.15) is 0 Å². The minimum atomic E-state index is -0.644. The molecule has 0 atom stereocenters. The smallest absolute Gasteiger partial charge is 0.270 e. The molecule has 7 heteroatoms. The van der Waals surface area contributed by atoms with Crippen molar-refractivity contribution in [1.82, 2.24) is 10.1 Å². The van der Waals surface area contributed by atoms with Gasteiger partial charge in [-0.15, -0.1) is 0 Å². The van der Waals surface area contributed by atoms with Crippen molar-refractivity contribution < 1.29 is 18.6 Å². The lowest BCUT2D eigenvalue weighted by Crippen LogP contribution is -2.37. The van der Waals surface area contributed by atoms with Crippen LogP contribution in [0.15, 0.2) is 58.8 Å². The third-order valence-electron chi connectivity index (χ3n) is 5.58. The first-order valence-electron chi connectivity index (χ1n) is 11.4. The first-order chi connectivity index (χ1) is 15.6. The van der Waals surface area contributed by atoms with Crippen LogP contribution in [0.2, 0.25) is 0 Å². The average molecular weight is 456 g/mol. The van der Waals surface area contributed by atoms with Crippen LogP contribution in [-0.2, 0) is 0 Å². The largest absolute Gasteiger partial charge is 0.364 e. The lowest BCUT2D eigenvalue weighted by atomic mass is 10.1. The van der Waals surface area contributed by atoms with Gasteiger partial charge in [-0.05, 0) is 31.9 Å². The van der Waals surface area contributed by atoms with Gasteiger partial charge in [-0.3, -0.25) is 14.1 Å². The van der Waals surface area contributed by atoms with Crippen molar-refractivity contribution in [1.29, 1.82) is 0 Å². The molecule has 0 saturated carbocycles. The molecule has 1 aromatic carbocycles. The van der Waals surface area contributed by atoms with Crippen LogP contribution in [0.3, 0.4) is 0 Å². The van der Waals surface area contributed by atoms with Gasteiger partial charge < -0.3 is 15.2 Å². The highest BCUT2D eigenvalue weighted by Gasteiger charge is 2.26. The van der Waals surface area contributed by atoms with Crippen LogP contribution in [0, 0.1) is 0 Å². The van der Waals surface area contributed by atoms with E-state index in [0.29, 0.717) is 11.3 Å². The van der Waals surface area contributed by atoms with Gasteiger partial charge in [0.05, 0.1) is 20.6 Å². The van der Waals surface area contributed by atoms with Crippen LogP contribution in [-0.4, -0.2) is 61.1 Å². The summed E-state index contributed by atoms with van der Waals surface area (Å²) >= 11 is 0. The molecule has 1 aliphatic rings. The summed E-state index contributed by atoms with van der Waals surface area (Å²) in [4.78, 5) is 24.1. The Hall–Kier alpha value is -3.19. The molecule has 2 amide bonds. The van der Waals surface area contributed by atoms with E-state index in [0.717, 1.165) is 10.0 Å². The quantitative estimate of drug-likeness (QED) is 0.629. The molecule has 1 aromatic heterocycles. The van der Waals surface area contributed by atoms with E-state index in [1.807, 2.05) is 19.9 Å². The zero-order chi connectivity index (χ0) is 25.2. The Kier molecular flexibility index (Phi) is 10.8. The Morgan fingerprint density at radius 3 is 2.24 bits per heavy atom. The molecule has 7 nitrogen and oxygen atoms in total. The maximum Gasteiger partial charge on any atom is 0.270 e. The molecule has 2 aromatic rings. The molecule has 0 radical (unpaired) electrons. The Labute approximate surface area is 198 Å². The molecule has 0 bridgehead atoms. The number of nitrogens with zero attached hydrogens (tertiary/aromatic N) is 3. The van der Waals surface area contributed by atoms with Crippen molar-refractivity contribution in [2.24, 2.45) is 5.73 Å². The summed E-state index contributed by atoms with van der Waals surface area (Å²) in [5.41, 5.74) is 9.53. The minimum Gasteiger partial charge on any atom is -0.364 e. The highest BCUT2D eigenvalue weighted by atomic mass is 16.5. The van der Waals surface area contributed by atoms with Gasteiger partial charge in [0.2, 0.25) is 0 Å². The first-order valence-corrected chi connectivity index (χ1v) is 11.4. The van der Waals surface area contributed by atoms with Crippen LogP contribution < -0.4 is 5.73 Å². The topological polar surface area (TPSA) is 89.4 Å². The normalized spacial score (nSPS) is 12.8. The monoisotopic (exact) mass is 455 g/mol. The number of hydrogen-bond donors (Lipinski definition) is 1. The van der Waals surface area contributed by atoms with Gasteiger partial charge in [0.25, 0.3) is 11.8 Å². The van der Waals surface area contributed by atoms with Crippen LogP contribution in [0.4, 0.5) is 0 Å². The fourth-order valence-corrected chi connectivity index (χ4v) is 3.42. The molecule has 0 saturated heterocycles. The zero-order valence-corrected chi connectivity index (χ0v) is 21.1. The number of carbonyl (C=O) groups is 2. The minimum absolute atomic E-state index is 0.0726. The summed E-state index contributed by atoms with van der Waals surface area (Å²) in [6.07, 6.45) is 5.86. The Bertz CT molecular complexity index is 970. The predicted octanol–water partition coefficient (Wildman–Crippen LogP) is 4.88. The number of primary amides is 1. The van der Waals surface area contributed by atoms with E-state index in [1.165, 1.54) is 42.3 Å². The van der Waals surface area contributed by atoms with Crippen LogP contribution >= 0.6 is 0 Å². The average Bonchev–Trinajstić information content (AvgIpc) is 3.50. The number of benzene rings is 1. The van der Waals surface area contributed by atoms with Crippen molar-refractivity contribution in [3.05, 3.63) is 65.5 Å². The molecule has 180 valence electrons. The van der Waals surface area contributed by atoms with E-state index in [1.54, 1.807) is 44.1 Å². The van der Waals surface area contributed by atoms with Crippen molar-refractivity contribution in [3.63, 3.8) is 0 Å². The molecule has 33 heavy (non-hydrogen) atoms. The molecule has 1 heterocycles. The molecule has 0 aliphatic heterocycles. The predicted molar refractivity (Wildman–Crippen MR) is 134 cm³/mol. The molecule has 3 rings (SSSR count). The number of allylic oxidation sites excluding steroid dienone is 3. The summed E-state index contributed by atoms with van der Waals surface area (Å²) in [6, 6.07) is 8.28. The Balaban J connectivity index is 0.000000335. The molecule has 0 unspecified atom stereocenters. The number of hydrogen-bond acceptors (Lipinski definition) is 4. The second-order valence-corrected chi connectivity index (χ2v) is 8.25. The van der Waals surface area contributed by atoms with Gasteiger partial charge in [-0.25, -0.2) is 0 Å². The third kappa shape index (κ3) is 7.43. The van der Waals surface area contributed by atoms with Gasteiger partial charge in [0.1, 0.15) is 5.70 Å². The number of quaternary nitrogens is 1. The number of aromatic nitrogens is 1. The maximum atomic E-state index is 11.7. The number of carbonyl (C=O) groups excluding carboxylic acids is 2. The lowest BCUT2D eigenvalue weighted by molar-refractivity contribution is -0.851. The van der Waals surface area contributed by atoms with Crippen LogP contribution in [0.1, 0.15) is 60.9 Å². The van der Waals surface area contributed by atoms with Crippen LogP contribution in [0.5, 0.6) is 0 Å². The SMILES string of the molecule is C=CC1=C([N+](C)(C)CC)CCC1.CC.CN(C)C(=O)c1ccc(-c2cc(C(N)=O)no2)cc1. The first kappa shape index (κ1) is 27.8. The summed E-state index contributed by atoms with van der Waals surface area (Å²) in [7, 11) is 7.94. The maximum absolute atomic E-state index is 11.7. The van der Waals surface area contributed by atoms with E-state index >= 15 is 0 Å². The van der Waals surface area contributed by atoms with Gasteiger partial charge in [0.15, 0.2) is 11.5 Å². The fourth-order valence-electron chi connectivity index (χ4n) is 3.42. The second-order valence-electron chi connectivity index (χ2n) is 8.25. The van der Waals surface area contributed by atoms with Crippen LogP contribution in [0.25, 0.3) is 11.3 Å². The highest BCUT2D eigenvalue weighted by molar-refractivity contribution is 5.94. The summed E-state index contributed by atoms with van der Waals surface area (Å²) in [5.74, 6) is -0.297. The molecule has 2 N–H and O–H groups in total. The van der Waals surface area contributed by atoms with Gasteiger partial charge >= 0.3 is 0 Å². The lowest BCUT2D eigenvalue weighted by Gasteiger charge is -2.29. The van der Waals surface area contributed by atoms with E-state index < -0.39 is 5.91 Å². The van der Waals surface area contributed by atoms with Crippen molar-refractivity contribution in [2.75, 3.05) is 34.7 Å². The van der Waals surface area contributed by atoms with Crippen molar-refractivity contribution in [2.45, 2.75) is 40.0 Å². The molecule has 0 fully saturated rings. The van der Waals surface area contributed by atoms with E-state index in [-0.39, 0.29) is 11.6 Å². The summed E-state index contributed by atoms with van der Waals surface area (Å²) in [5, 5.41) is 3.55. The molecular formula is C26H39N4O3+. The van der Waals surface area contributed by atoms with E-state index in [9.17, 15) is 9.59 Å². The number of nitrogens with two attached hydrogens (primary N) is 1. The number of amides is 2. The Morgan fingerprint density at radius 2 is 1.79 bits per heavy atom. The zero-order valence-electron chi connectivity index (χ0n) is 21.1. The fraction of sp³-hybridized carbons (Fsp3) is 0.423. The molecular weight excluding hydrogens is 416 g/mol. The van der Waals surface area contributed by atoms with Crippen molar-refractivity contribution in [3.8, 4) is 11.3 Å². The van der Waals surface area contributed by atoms with Gasteiger partial charge in [-0.1, -0.05) is 43.8 Å². The summed E-state index contributed by atoms with van der Waals surface area (Å²) in [6.45, 7) is 11.3. The van der Waals surface area contributed by atoms with Crippen molar-refractivity contribution >= 4 is 11.8 Å². The number of rotatable bonds is 6. The summed E-state index contributed by atoms with van der Waals surface area (Å²) < 4.78 is 6.06. The molecule has 0 spiro atoms. The Morgan fingerprint density at radius 1 is 1.18 bits per heavy atom.